The van der Waals surface area contributed by atoms with E-state index in [1.807, 2.05) is 0 Å². The van der Waals surface area contributed by atoms with Gasteiger partial charge in [0.05, 0.1) is 0 Å². The van der Waals surface area contributed by atoms with Crippen LogP contribution in [0.1, 0.15) is 79.1 Å². The van der Waals surface area contributed by atoms with Crippen LogP contribution in [0, 0.1) is 0 Å². The molecular formula is C16H38O2Si2. The second-order valence-corrected chi connectivity index (χ2v) is 8.69. The summed E-state index contributed by atoms with van der Waals surface area (Å²) in [4.78, 5) is 0. The molecule has 0 aliphatic carbocycles. The van der Waals surface area contributed by atoms with Crippen LogP contribution in [0.4, 0.5) is 0 Å². The van der Waals surface area contributed by atoms with Gasteiger partial charge in [0.2, 0.25) is 0 Å². The molecule has 0 bridgehead atoms. The summed E-state index contributed by atoms with van der Waals surface area (Å²) in [6.45, 7) is 9.03. The molecule has 0 aliphatic heterocycles. The Labute approximate surface area is 132 Å². The molecule has 0 saturated carbocycles. The topological polar surface area (TPSA) is 18.5 Å². The minimum absolute atomic E-state index is 0.287. The Balaban J connectivity index is 3.45. The van der Waals surface area contributed by atoms with Crippen molar-refractivity contribution in [2.24, 2.45) is 0 Å². The Kier molecular flexibility index (Phi) is 16.0. The van der Waals surface area contributed by atoms with E-state index in [0.717, 1.165) is 0 Å². The smallest absolute Gasteiger partial charge is 0.161 e. The lowest BCUT2D eigenvalue weighted by Crippen LogP contribution is -2.17. The van der Waals surface area contributed by atoms with E-state index in [-0.39, 0.29) is 19.5 Å². The van der Waals surface area contributed by atoms with Crippen LogP contribution in [0.5, 0.6) is 0 Å². The second kappa shape index (κ2) is 15.7. The fourth-order valence-electron chi connectivity index (χ4n) is 2.38. The monoisotopic (exact) mass is 318 g/mol. The van der Waals surface area contributed by atoms with Gasteiger partial charge in [-0.2, -0.15) is 0 Å². The van der Waals surface area contributed by atoms with Crippen LogP contribution < -0.4 is 0 Å². The fraction of sp³-hybridized carbons (Fsp3) is 1.00. The molecule has 20 heavy (non-hydrogen) atoms. The van der Waals surface area contributed by atoms with E-state index in [1.165, 1.54) is 63.5 Å². The molecule has 2 unspecified atom stereocenters. The summed E-state index contributed by atoms with van der Waals surface area (Å²) in [6, 6.07) is 2.66. The highest BCUT2D eigenvalue weighted by molar-refractivity contribution is 6.34. The standard InChI is InChI=1S/C16H38O2Si2/c1-5-9-11-15(7-3)17-19-13-14-20-18-16(8-4)12-10-6-2/h15-16H,5-14,19-20H2,1-4H3. The maximum Gasteiger partial charge on any atom is 0.161 e. The van der Waals surface area contributed by atoms with Gasteiger partial charge in [0.15, 0.2) is 19.5 Å². The Morgan fingerprint density at radius 3 is 1.40 bits per heavy atom. The first-order valence-corrected chi connectivity index (χ1v) is 12.2. The maximum absolute atomic E-state index is 6.10. The predicted molar refractivity (Wildman–Crippen MR) is 96.1 cm³/mol. The molecule has 0 spiro atoms. The number of rotatable bonds is 15. The summed E-state index contributed by atoms with van der Waals surface area (Å²) in [5, 5.41) is 0. The second-order valence-electron chi connectivity index (χ2n) is 5.79. The van der Waals surface area contributed by atoms with Gasteiger partial charge in [0.1, 0.15) is 0 Å². The van der Waals surface area contributed by atoms with Gasteiger partial charge in [-0.3, -0.25) is 0 Å². The summed E-state index contributed by atoms with van der Waals surface area (Å²) in [5.74, 6) is 0. The van der Waals surface area contributed by atoms with E-state index in [9.17, 15) is 0 Å². The molecule has 0 rings (SSSR count). The molecule has 0 N–H and O–H groups in total. The van der Waals surface area contributed by atoms with E-state index < -0.39 is 0 Å². The largest absolute Gasteiger partial charge is 0.421 e. The van der Waals surface area contributed by atoms with Gasteiger partial charge < -0.3 is 8.85 Å². The highest BCUT2D eigenvalue weighted by atomic mass is 28.2. The van der Waals surface area contributed by atoms with Crippen molar-refractivity contribution < 1.29 is 8.85 Å². The summed E-state index contributed by atoms with van der Waals surface area (Å²) >= 11 is 0. The van der Waals surface area contributed by atoms with Gasteiger partial charge in [-0.25, -0.2) is 0 Å². The average molecular weight is 319 g/mol. The van der Waals surface area contributed by atoms with E-state index in [2.05, 4.69) is 27.7 Å². The molecule has 0 aromatic carbocycles. The molecule has 0 fully saturated rings. The van der Waals surface area contributed by atoms with Gasteiger partial charge >= 0.3 is 0 Å². The molecule has 0 heterocycles. The van der Waals surface area contributed by atoms with Crippen LogP contribution in [-0.2, 0) is 8.85 Å². The van der Waals surface area contributed by atoms with Gasteiger partial charge in [0, 0.05) is 12.2 Å². The van der Waals surface area contributed by atoms with Crippen molar-refractivity contribution in [2.45, 2.75) is 103 Å². The highest BCUT2D eigenvalue weighted by Gasteiger charge is 2.07. The van der Waals surface area contributed by atoms with Crippen molar-refractivity contribution in [3.8, 4) is 0 Å². The van der Waals surface area contributed by atoms with Crippen LogP contribution >= 0.6 is 0 Å². The lowest BCUT2D eigenvalue weighted by Gasteiger charge is -2.17. The van der Waals surface area contributed by atoms with Gasteiger partial charge in [-0.15, -0.1) is 0 Å². The molecule has 4 heteroatoms. The van der Waals surface area contributed by atoms with Crippen LogP contribution in [0.3, 0.4) is 0 Å². The maximum atomic E-state index is 6.10. The van der Waals surface area contributed by atoms with Gasteiger partial charge in [-0.1, -0.05) is 53.4 Å². The SMILES string of the molecule is CCCCC(CC)O[SiH2]CC[SiH2]OC(CC)CCCC. The first-order valence-electron chi connectivity index (χ1n) is 9.01. The lowest BCUT2D eigenvalue weighted by atomic mass is 10.1. The molecule has 0 aliphatic rings. The average Bonchev–Trinajstić information content (AvgIpc) is 2.48. The third-order valence-electron chi connectivity index (χ3n) is 3.92. The summed E-state index contributed by atoms with van der Waals surface area (Å²) in [5.41, 5.74) is 0. The molecule has 2 nitrogen and oxygen atoms in total. The highest BCUT2D eigenvalue weighted by Crippen LogP contribution is 2.10. The first kappa shape index (κ1) is 20.4. The van der Waals surface area contributed by atoms with Crippen molar-refractivity contribution in [2.75, 3.05) is 0 Å². The minimum Gasteiger partial charge on any atom is -0.421 e. The van der Waals surface area contributed by atoms with Crippen molar-refractivity contribution >= 4 is 19.5 Å². The minimum atomic E-state index is -0.287. The van der Waals surface area contributed by atoms with Crippen molar-refractivity contribution in [3.63, 3.8) is 0 Å². The zero-order valence-electron chi connectivity index (χ0n) is 14.5. The molecule has 0 aromatic heterocycles. The van der Waals surface area contributed by atoms with Gasteiger partial charge in [0.25, 0.3) is 0 Å². The lowest BCUT2D eigenvalue weighted by molar-refractivity contribution is 0.188. The van der Waals surface area contributed by atoms with Crippen molar-refractivity contribution in [1.29, 1.82) is 0 Å². The third kappa shape index (κ3) is 12.1. The van der Waals surface area contributed by atoms with Crippen LogP contribution in [-0.4, -0.2) is 31.7 Å². The van der Waals surface area contributed by atoms with E-state index in [1.54, 1.807) is 0 Å². The number of unbranched alkanes of at least 4 members (excludes halogenated alkanes) is 2. The van der Waals surface area contributed by atoms with Crippen LogP contribution in [0.25, 0.3) is 0 Å². The van der Waals surface area contributed by atoms with Crippen LogP contribution in [0.15, 0.2) is 0 Å². The first-order chi connectivity index (χ1) is 9.78. The summed E-state index contributed by atoms with van der Waals surface area (Å²) in [6.07, 6.45) is 11.2. The summed E-state index contributed by atoms with van der Waals surface area (Å²) in [7, 11) is -0.575. The molecule has 0 amide bonds. The number of hydrogen-bond donors (Lipinski definition) is 0. The number of hydrogen-bond acceptors (Lipinski definition) is 2. The Hall–Kier alpha value is 0.354. The molecule has 0 aromatic rings. The fourth-order valence-corrected chi connectivity index (χ4v) is 5.82. The normalized spacial score (nSPS) is 15.6. The molecule has 122 valence electrons. The Morgan fingerprint density at radius 1 is 0.700 bits per heavy atom. The predicted octanol–water partition coefficient (Wildman–Crippen LogP) is 3.96. The summed E-state index contributed by atoms with van der Waals surface area (Å²) < 4.78 is 12.2. The van der Waals surface area contributed by atoms with Crippen molar-refractivity contribution in [3.05, 3.63) is 0 Å². The molecule has 0 saturated heterocycles. The van der Waals surface area contributed by atoms with Gasteiger partial charge in [-0.05, 0) is 37.8 Å². The Bertz CT molecular complexity index is 171. The van der Waals surface area contributed by atoms with E-state index in [4.69, 9.17) is 8.85 Å². The Morgan fingerprint density at radius 2 is 1.10 bits per heavy atom. The zero-order valence-corrected chi connectivity index (χ0v) is 17.3. The van der Waals surface area contributed by atoms with E-state index >= 15 is 0 Å². The van der Waals surface area contributed by atoms with Crippen molar-refractivity contribution in [1.82, 2.24) is 0 Å². The third-order valence-corrected chi connectivity index (χ3v) is 7.91. The van der Waals surface area contributed by atoms with Crippen LogP contribution in [0.2, 0.25) is 12.1 Å². The zero-order chi connectivity index (χ0) is 15.1. The quantitative estimate of drug-likeness (QED) is 0.336. The van der Waals surface area contributed by atoms with E-state index in [0.29, 0.717) is 12.2 Å². The molecule has 2 atom stereocenters. The molecule has 0 radical (unpaired) electrons. The molecular weight excluding hydrogens is 280 g/mol.